The summed E-state index contributed by atoms with van der Waals surface area (Å²) in [5, 5.41) is 3.00. The smallest absolute Gasteiger partial charge is 0.235 e. The summed E-state index contributed by atoms with van der Waals surface area (Å²) in [6, 6.07) is 5.74. The van der Waals surface area contributed by atoms with Crippen LogP contribution in [0.3, 0.4) is 0 Å². The minimum Gasteiger partial charge on any atom is -0.493 e. The number of amides is 1. The average Bonchev–Trinajstić information content (AvgIpc) is 3.19. The number of benzene rings is 1. The first kappa shape index (κ1) is 18.2. The van der Waals surface area contributed by atoms with Crippen molar-refractivity contribution in [2.45, 2.75) is 44.4 Å². The van der Waals surface area contributed by atoms with Crippen molar-refractivity contribution in [1.29, 1.82) is 0 Å². The summed E-state index contributed by atoms with van der Waals surface area (Å²) in [6.07, 6.45) is 7.76. The third-order valence-corrected chi connectivity index (χ3v) is 5.11. The van der Waals surface area contributed by atoms with Gasteiger partial charge in [-0.05, 0) is 30.5 Å². The van der Waals surface area contributed by atoms with Gasteiger partial charge in [-0.15, -0.1) is 0 Å². The number of methoxy groups -OCH3 is 2. The summed E-state index contributed by atoms with van der Waals surface area (Å²) in [6.45, 7) is 2.00. The second-order valence-corrected chi connectivity index (χ2v) is 6.55. The predicted octanol–water partition coefficient (Wildman–Crippen LogP) is 3.51. The highest BCUT2D eigenvalue weighted by molar-refractivity contribution is 5.99. The van der Waals surface area contributed by atoms with Crippen LogP contribution in [0.25, 0.3) is 0 Å². The lowest BCUT2D eigenvalue weighted by molar-refractivity contribution is -0.121. The van der Waals surface area contributed by atoms with E-state index in [9.17, 15) is 4.79 Å². The van der Waals surface area contributed by atoms with E-state index in [0.717, 1.165) is 43.5 Å². The van der Waals surface area contributed by atoms with Gasteiger partial charge in [0, 0.05) is 6.42 Å². The number of nitrogens with one attached hydrogen (secondary N) is 1. The molecule has 0 aliphatic heterocycles. The molecule has 1 aliphatic rings. The molecule has 138 valence electrons. The van der Waals surface area contributed by atoms with Gasteiger partial charge >= 0.3 is 0 Å². The molecule has 1 amide bonds. The van der Waals surface area contributed by atoms with Crippen molar-refractivity contribution in [2.24, 2.45) is 0 Å². The first-order valence-electron chi connectivity index (χ1n) is 8.98. The fourth-order valence-corrected chi connectivity index (χ4v) is 3.61. The van der Waals surface area contributed by atoms with Gasteiger partial charge < -0.3 is 14.8 Å². The van der Waals surface area contributed by atoms with Gasteiger partial charge in [0.05, 0.1) is 37.7 Å². The van der Waals surface area contributed by atoms with Crippen molar-refractivity contribution < 1.29 is 14.3 Å². The monoisotopic (exact) mass is 355 g/mol. The van der Waals surface area contributed by atoms with E-state index in [4.69, 9.17) is 9.47 Å². The maximum atomic E-state index is 13.2. The molecular formula is C20H25N3O3. The number of hydrogen-bond acceptors (Lipinski definition) is 5. The molecule has 3 rings (SSSR count). The Balaban J connectivity index is 1.90. The van der Waals surface area contributed by atoms with Gasteiger partial charge in [-0.1, -0.05) is 25.8 Å². The van der Waals surface area contributed by atoms with Crippen LogP contribution >= 0.6 is 0 Å². The first-order valence-corrected chi connectivity index (χ1v) is 8.98. The van der Waals surface area contributed by atoms with E-state index in [2.05, 4.69) is 15.3 Å². The molecule has 0 saturated heterocycles. The fraction of sp³-hybridized carbons (Fsp3) is 0.450. The Bertz CT molecular complexity index is 768. The van der Waals surface area contributed by atoms with Crippen molar-refractivity contribution in [3.63, 3.8) is 0 Å². The van der Waals surface area contributed by atoms with Crippen LogP contribution in [-0.4, -0.2) is 30.1 Å². The van der Waals surface area contributed by atoms with Crippen LogP contribution in [-0.2, 0) is 16.6 Å². The maximum Gasteiger partial charge on any atom is 0.235 e. The van der Waals surface area contributed by atoms with Gasteiger partial charge in [0.15, 0.2) is 11.5 Å². The van der Waals surface area contributed by atoms with Crippen LogP contribution < -0.4 is 14.8 Å². The van der Waals surface area contributed by atoms with Crippen LogP contribution in [0.1, 0.15) is 44.0 Å². The Morgan fingerprint density at radius 1 is 1.12 bits per heavy atom. The van der Waals surface area contributed by atoms with Crippen molar-refractivity contribution in [3.05, 3.63) is 42.0 Å². The van der Waals surface area contributed by atoms with Crippen LogP contribution in [0.5, 0.6) is 11.5 Å². The lowest BCUT2D eigenvalue weighted by atomic mass is 9.77. The molecule has 0 spiro atoms. The van der Waals surface area contributed by atoms with E-state index in [-0.39, 0.29) is 5.91 Å². The van der Waals surface area contributed by atoms with E-state index in [1.165, 1.54) is 0 Å². The van der Waals surface area contributed by atoms with Crippen molar-refractivity contribution in [2.75, 3.05) is 19.5 Å². The molecule has 0 unspecified atom stereocenters. The number of hydrogen-bond donors (Lipinski definition) is 1. The van der Waals surface area contributed by atoms with Gasteiger partial charge in [0.25, 0.3) is 0 Å². The Kier molecular flexibility index (Phi) is 5.40. The van der Waals surface area contributed by atoms with E-state index in [0.29, 0.717) is 17.2 Å². The highest BCUT2D eigenvalue weighted by atomic mass is 16.5. The average molecular weight is 355 g/mol. The minimum absolute atomic E-state index is 0.0185. The molecular weight excluding hydrogens is 330 g/mol. The summed E-state index contributed by atoms with van der Waals surface area (Å²) in [5.41, 5.74) is 1.01. The summed E-state index contributed by atoms with van der Waals surface area (Å²) < 4.78 is 10.8. The second kappa shape index (κ2) is 7.72. The molecule has 1 N–H and O–H groups in total. The molecule has 0 radical (unpaired) electrons. The number of rotatable bonds is 6. The Labute approximate surface area is 154 Å². The Morgan fingerprint density at radius 2 is 1.77 bits per heavy atom. The number of aromatic nitrogens is 2. The quantitative estimate of drug-likeness (QED) is 0.858. The molecule has 6 heteroatoms. The zero-order valence-electron chi connectivity index (χ0n) is 15.5. The fourth-order valence-electron chi connectivity index (χ4n) is 3.61. The third kappa shape index (κ3) is 3.36. The van der Waals surface area contributed by atoms with Crippen LogP contribution in [0, 0.1) is 0 Å². The second-order valence-electron chi connectivity index (χ2n) is 6.55. The zero-order chi connectivity index (χ0) is 18.6. The van der Waals surface area contributed by atoms with Gasteiger partial charge in [0.2, 0.25) is 5.91 Å². The van der Waals surface area contributed by atoms with Crippen LogP contribution in [0.4, 0.5) is 5.69 Å². The van der Waals surface area contributed by atoms with Crippen molar-refractivity contribution in [1.82, 2.24) is 9.97 Å². The molecule has 1 heterocycles. The van der Waals surface area contributed by atoms with Crippen LogP contribution in [0.15, 0.2) is 30.6 Å². The highest BCUT2D eigenvalue weighted by Gasteiger charge is 2.43. The van der Waals surface area contributed by atoms with Gasteiger partial charge in [-0.3, -0.25) is 4.79 Å². The van der Waals surface area contributed by atoms with Crippen molar-refractivity contribution in [3.8, 4) is 11.5 Å². The van der Waals surface area contributed by atoms with Gasteiger partial charge in [-0.25, -0.2) is 9.97 Å². The number of carbonyl (C=O) groups excluding carboxylic acids is 1. The third-order valence-electron chi connectivity index (χ3n) is 5.11. The van der Waals surface area contributed by atoms with Crippen LogP contribution in [0.2, 0.25) is 0 Å². The molecule has 6 nitrogen and oxygen atoms in total. The number of carbonyl (C=O) groups is 1. The van der Waals surface area contributed by atoms with Crippen molar-refractivity contribution >= 4 is 11.6 Å². The summed E-state index contributed by atoms with van der Waals surface area (Å²) in [5.74, 6) is 2.04. The number of ether oxygens (including phenoxy) is 2. The normalized spacial score (nSPS) is 15.5. The largest absolute Gasteiger partial charge is 0.493 e. The van der Waals surface area contributed by atoms with Gasteiger partial charge in [-0.2, -0.15) is 0 Å². The molecule has 1 aliphatic carbocycles. The standard InChI is InChI=1S/C20H25N3O3/c1-4-18-21-12-15(13-22-18)23-19(24)20(9-5-6-10-20)14-7-8-16(25-2)17(11-14)26-3/h7-8,11-13H,4-6,9-10H2,1-3H3,(H,23,24). The summed E-state index contributed by atoms with van der Waals surface area (Å²) in [7, 11) is 3.21. The molecule has 1 fully saturated rings. The number of anilines is 1. The molecule has 0 atom stereocenters. The molecule has 1 aromatic carbocycles. The molecule has 2 aromatic rings. The maximum absolute atomic E-state index is 13.2. The van der Waals surface area contributed by atoms with E-state index in [1.807, 2.05) is 25.1 Å². The van der Waals surface area contributed by atoms with E-state index < -0.39 is 5.41 Å². The van der Waals surface area contributed by atoms with E-state index >= 15 is 0 Å². The predicted molar refractivity (Wildman–Crippen MR) is 99.7 cm³/mol. The first-order chi connectivity index (χ1) is 12.6. The summed E-state index contributed by atoms with van der Waals surface area (Å²) >= 11 is 0. The molecule has 1 aromatic heterocycles. The molecule has 0 bridgehead atoms. The Hall–Kier alpha value is -2.63. The molecule has 26 heavy (non-hydrogen) atoms. The van der Waals surface area contributed by atoms with E-state index in [1.54, 1.807) is 26.6 Å². The molecule has 1 saturated carbocycles. The number of nitrogens with zero attached hydrogens (tertiary/aromatic N) is 2. The lowest BCUT2D eigenvalue weighted by Gasteiger charge is -2.29. The number of aryl methyl sites for hydroxylation is 1. The summed E-state index contributed by atoms with van der Waals surface area (Å²) in [4.78, 5) is 21.7. The lowest BCUT2D eigenvalue weighted by Crippen LogP contribution is -2.38. The zero-order valence-corrected chi connectivity index (χ0v) is 15.5. The van der Waals surface area contributed by atoms with Gasteiger partial charge in [0.1, 0.15) is 5.82 Å². The SMILES string of the molecule is CCc1ncc(NC(=O)C2(c3ccc(OC)c(OC)c3)CCCC2)cn1. The minimum atomic E-state index is -0.566. The highest BCUT2D eigenvalue weighted by Crippen LogP contribution is 2.44. The topological polar surface area (TPSA) is 73.3 Å². The Morgan fingerprint density at radius 3 is 2.35 bits per heavy atom.